The van der Waals surface area contributed by atoms with Crippen LogP contribution < -0.4 is 4.74 Å². The lowest BCUT2D eigenvalue weighted by Crippen LogP contribution is -2.67. The Bertz CT molecular complexity index is 1250. The number of carboxylic acids is 1. The predicted octanol–water partition coefficient (Wildman–Crippen LogP) is -2.79. The van der Waals surface area contributed by atoms with E-state index in [1.807, 2.05) is 0 Å². The van der Waals surface area contributed by atoms with Crippen molar-refractivity contribution in [2.75, 3.05) is 14.1 Å². The Morgan fingerprint density at radius 3 is 2.00 bits per heavy atom. The molecule has 11 N–H and O–H groups in total. The fraction of sp³-hybridized carbons (Fsp3) is 0.333. The summed E-state index contributed by atoms with van der Waals surface area (Å²) in [4.78, 5) is 25.3. The molecule has 0 saturated heterocycles. The molecule has 0 radical (unpaired) electrons. The lowest BCUT2D eigenvalue weighted by molar-refractivity contribution is -0.386. The molecule has 1 atom stereocenters. The van der Waals surface area contributed by atoms with Crippen LogP contribution >= 0.6 is 0 Å². The number of aromatic hydroxyl groups is 4. The molecule has 1 unspecified atom stereocenters. The Morgan fingerprint density at radius 1 is 0.917 bits per heavy atom. The Morgan fingerprint density at radius 2 is 1.47 bits per heavy atom. The number of carbonyl (C=O) groups is 2. The highest BCUT2D eigenvalue weighted by atomic mass is 16.6. The van der Waals surface area contributed by atoms with E-state index >= 15 is 0 Å². The summed E-state index contributed by atoms with van der Waals surface area (Å²) in [5.41, 5.74) is -2.72. The Hall–Kier alpha value is -3.70. The molecule has 0 fully saturated rings. The molecule has 0 bridgehead atoms. The van der Waals surface area contributed by atoms with Crippen LogP contribution in [-0.2, 0) is 22.0 Å². The summed E-state index contributed by atoms with van der Waals surface area (Å²) in [5, 5.41) is 112. The van der Waals surface area contributed by atoms with E-state index < -0.39 is 87.0 Å². The van der Waals surface area contributed by atoms with Crippen molar-refractivity contribution in [1.29, 1.82) is 0 Å². The van der Waals surface area contributed by atoms with Crippen LogP contribution in [0, 0.1) is 0 Å². The van der Waals surface area contributed by atoms with Gasteiger partial charge in [-0.1, -0.05) is 0 Å². The number of carboxylic acid groups (broad SMARTS) is 1. The van der Waals surface area contributed by atoms with E-state index in [0.29, 0.717) is 11.0 Å². The van der Waals surface area contributed by atoms with Crippen molar-refractivity contribution in [3.8, 4) is 28.7 Å². The van der Waals surface area contributed by atoms with Crippen molar-refractivity contribution in [2.24, 2.45) is 0 Å². The molecule has 0 aromatic heterocycles. The summed E-state index contributed by atoms with van der Waals surface area (Å²) in [7, 11) is 1.91. The van der Waals surface area contributed by atoms with Gasteiger partial charge in [0.25, 0.3) is 17.5 Å². The molecule has 0 amide bonds. The molecule has 2 aromatic rings. The summed E-state index contributed by atoms with van der Waals surface area (Å²) in [6, 6.07) is 2.48. The van der Waals surface area contributed by atoms with Crippen LogP contribution in [0.25, 0.3) is 0 Å². The van der Waals surface area contributed by atoms with Crippen LogP contribution in [0.2, 0.25) is 0 Å². The zero-order valence-electron chi connectivity index (χ0n) is 18.6. The number of carbonyl (C=O) groups excluding carboxylic acids is 1. The highest BCUT2D eigenvalue weighted by Gasteiger charge is 2.59. The lowest BCUT2D eigenvalue weighted by atomic mass is 9.79. The standard InChI is InChI=1S/C21H23NO14/c1-22(2)21(34,35)20(32,33)17(27)12-8-5-7(19(30,31)18(28)29)3-4-10(8)36-6-9-11(12)14(24)16(26)15(25)13(9)23/h3-5,12,23-26,30-35H,6H2,1-2H3,(H,28,29). The van der Waals surface area contributed by atoms with Gasteiger partial charge in [-0.15, -0.1) is 0 Å². The third-order valence-electron chi connectivity index (χ3n) is 5.92. The molecule has 15 heteroatoms. The Labute approximate surface area is 201 Å². The van der Waals surface area contributed by atoms with E-state index in [4.69, 9.17) is 9.84 Å². The normalized spacial score (nSPS) is 16.1. The van der Waals surface area contributed by atoms with Crippen LogP contribution in [-0.4, -0.2) is 98.6 Å². The second kappa shape index (κ2) is 8.45. The first-order chi connectivity index (χ1) is 16.4. The number of aliphatic carboxylic acids is 1. The molecule has 0 spiro atoms. The van der Waals surface area contributed by atoms with Crippen LogP contribution in [0.5, 0.6) is 28.7 Å². The Balaban J connectivity index is 2.44. The highest BCUT2D eigenvalue weighted by molar-refractivity contribution is 5.97. The van der Waals surface area contributed by atoms with E-state index in [2.05, 4.69) is 0 Å². The second-order valence-corrected chi connectivity index (χ2v) is 8.30. The molecule has 1 aliphatic heterocycles. The number of rotatable bonds is 6. The van der Waals surface area contributed by atoms with Crippen molar-refractivity contribution >= 4 is 11.8 Å². The number of aliphatic hydroxyl groups is 6. The maximum atomic E-state index is 13.5. The number of hydrogen-bond acceptors (Lipinski definition) is 14. The minimum absolute atomic E-state index is 0.352. The van der Waals surface area contributed by atoms with E-state index in [1.54, 1.807) is 0 Å². The Kier molecular flexibility index (Phi) is 6.32. The lowest BCUT2D eigenvalue weighted by Gasteiger charge is -2.39. The van der Waals surface area contributed by atoms with Crippen LogP contribution in [0.15, 0.2) is 18.2 Å². The fourth-order valence-electron chi connectivity index (χ4n) is 3.72. The first kappa shape index (κ1) is 26.9. The topological polar surface area (TPSA) is 269 Å². The van der Waals surface area contributed by atoms with Crippen molar-refractivity contribution in [1.82, 2.24) is 4.90 Å². The highest BCUT2D eigenvalue weighted by Crippen LogP contribution is 2.54. The largest absolute Gasteiger partial charge is 0.504 e. The van der Waals surface area contributed by atoms with Crippen LogP contribution in [0.3, 0.4) is 0 Å². The van der Waals surface area contributed by atoms with Gasteiger partial charge in [0.1, 0.15) is 12.4 Å². The van der Waals surface area contributed by atoms with Gasteiger partial charge in [0.15, 0.2) is 11.5 Å². The maximum absolute atomic E-state index is 13.5. The van der Waals surface area contributed by atoms with Crippen LogP contribution in [0.4, 0.5) is 0 Å². The molecule has 196 valence electrons. The minimum Gasteiger partial charge on any atom is -0.504 e. The van der Waals surface area contributed by atoms with Gasteiger partial charge in [-0.25, -0.2) is 4.79 Å². The fourth-order valence-corrected chi connectivity index (χ4v) is 3.72. The number of likely N-dealkylation sites (N-methyl/N-ethyl adjacent to an activating group) is 1. The quantitative estimate of drug-likeness (QED) is 0.106. The summed E-state index contributed by atoms with van der Waals surface area (Å²) < 4.78 is 5.43. The molecular formula is C21H23NO14. The first-order valence-electron chi connectivity index (χ1n) is 9.94. The number of ether oxygens (including phenoxy) is 1. The van der Waals surface area contributed by atoms with Gasteiger partial charge in [0, 0.05) is 22.3 Å². The van der Waals surface area contributed by atoms with Gasteiger partial charge in [0.2, 0.25) is 17.3 Å². The smallest absolute Gasteiger partial charge is 0.369 e. The van der Waals surface area contributed by atoms with Crippen LogP contribution in [0.1, 0.15) is 28.2 Å². The van der Waals surface area contributed by atoms with Gasteiger partial charge in [-0.3, -0.25) is 9.69 Å². The van der Waals surface area contributed by atoms with Gasteiger partial charge in [-0.2, -0.15) is 0 Å². The number of phenols is 4. The second-order valence-electron chi connectivity index (χ2n) is 8.30. The molecule has 36 heavy (non-hydrogen) atoms. The van der Waals surface area contributed by atoms with Crippen molar-refractivity contribution in [3.05, 3.63) is 40.5 Å². The predicted molar refractivity (Wildman–Crippen MR) is 113 cm³/mol. The first-order valence-corrected chi connectivity index (χ1v) is 9.94. The number of phenolic OH excluding ortho intramolecular Hbond substituents is 4. The summed E-state index contributed by atoms with van der Waals surface area (Å²) >= 11 is 0. The average Bonchev–Trinajstić information content (AvgIpc) is 2.97. The van der Waals surface area contributed by atoms with Crippen molar-refractivity contribution < 1.29 is 70.5 Å². The zero-order chi connectivity index (χ0) is 27.5. The van der Waals surface area contributed by atoms with E-state index in [-0.39, 0.29) is 5.75 Å². The molecule has 1 aliphatic rings. The molecule has 1 heterocycles. The maximum Gasteiger partial charge on any atom is 0.369 e. The molecule has 15 nitrogen and oxygen atoms in total. The SMILES string of the molecule is CN(C)C(O)(O)C(O)(O)C(=O)C1c2cc(C(O)(O)C(=O)O)ccc2OCc2c(O)c(O)c(O)c(O)c21. The van der Waals surface area contributed by atoms with Crippen molar-refractivity contribution in [2.45, 2.75) is 30.0 Å². The number of Topliss-reactive ketones (excluding diaryl/α,β-unsaturated/α-hetero) is 1. The summed E-state index contributed by atoms with van der Waals surface area (Å²) in [5.74, 6) is -22.9. The monoisotopic (exact) mass is 513 g/mol. The third kappa shape index (κ3) is 3.75. The van der Waals surface area contributed by atoms with E-state index in [9.17, 15) is 60.7 Å². The molecule has 0 aliphatic carbocycles. The average molecular weight is 513 g/mol. The van der Waals surface area contributed by atoms with Gasteiger partial charge >= 0.3 is 5.97 Å². The van der Waals surface area contributed by atoms with E-state index in [0.717, 1.165) is 26.2 Å². The summed E-state index contributed by atoms with van der Waals surface area (Å²) in [6.07, 6.45) is 0. The van der Waals surface area contributed by atoms with Crippen molar-refractivity contribution in [3.63, 3.8) is 0 Å². The summed E-state index contributed by atoms with van der Waals surface area (Å²) in [6.45, 7) is -0.720. The molecule has 0 saturated carbocycles. The third-order valence-corrected chi connectivity index (χ3v) is 5.92. The number of fused-ring (bicyclic) bond motifs is 2. The number of benzene rings is 2. The van der Waals surface area contributed by atoms with Gasteiger partial charge < -0.3 is 60.9 Å². The van der Waals surface area contributed by atoms with E-state index in [1.165, 1.54) is 0 Å². The van der Waals surface area contributed by atoms with Gasteiger partial charge in [-0.05, 0) is 32.3 Å². The molecule has 3 rings (SSSR count). The molecular weight excluding hydrogens is 490 g/mol. The molecule has 2 aromatic carbocycles. The number of hydrogen-bond donors (Lipinski definition) is 11. The minimum atomic E-state index is -4.08. The number of ketones is 1. The zero-order valence-corrected chi connectivity index (χ0v) is 18.6. The van der Waals surface area contributed by atoms with Gasteiger partial charge in [0.05, 0.1) is 5.92 Å². The number of nitrogens with zero attached hydrogens (tertiary/aromatic N) is 1.